The number of amides is 4. The highest BCUT2D eigenvalue weighted by atomic mass is 16.5. The number of nitrogens with zero attached hydrogens (tertiary/aromatic N) is 1. The van der Waals surface area contributed by atoms with Gasteiger partial charge in [0.05, 0.1) is 0 Å². The van der Waals surface area contributed by atoms with Gasteiger partial charge < -0.3 is 15.4 Å². The van der Waals surface area contributed by atoms with Crippen molar-refractivity contribution >= 4 is 23.8 Å². The molecule has 0 bridgehead atoms. The van der Waals surface area contributed by atoms with Gasteiger partial charge in [0, 0.05) is 6.54 Å². The van der Waals surface area contributed by atoms with Crippen molar-refractivity contribution in [2.75, 3.05) is 19.7 Å². The molecule has 1 aromatic rings. The number of carbonyl (C=O) groups is 4. The van der Waals surface area contributed by atoms with Gasteiger partial charge in [-0.2, -0.15) is 0 Å². The van der Waals surface area contributed by atoms with Gasteiger partial charge in [-0.25, -0.2) is 4.79 Å². The molecule has 2 aliphatic rings. The fourth-order valence-electron chi connectivity index (χ4n) is 3.67. The number of allylic oxidation sites excluding steroid dienone is 1. The van der Waals surface area contributed by atoms with E-state index in [0.29, 0.717) is 12.1 Å². The van der Waals surface area contributed by atoms with Crippen LogP contribution in [0.2, 0.25) is 0 Å². The Hall–Kier alpha value is -3.16. The summed E-state index contributed by atoms with van der Waals surface area (Å²) in [6, 6.07) is 8.12. The maximum absolute atomic E-state index is 12.8. The molecule has 0 radical (unpaired) electrons. The Morgan fingerprint density at radius 1 is 1.20 bits per heavy atom. The summed E-state index contributed by atoms with van der Waals surface area (Å²) in [5, 5.41) is 5.34. The van der Waals surface area contributed by atoms with Crippen molar-refractivity contribution in [3.63, 3.8) is 0 Å². The SMILES string of the molecule is C[C@]1(c2ccccc2)NC(=O)N(CC(=O)OCC(=O)NCCC2=CCCCC2)C1=O. The van der Waals surface area contributed by atoms with Gasteiger partial charge in [0.25, 0.3) is 11.8 Å². The van der Waals surface area contributed by atoms with E-state index < -0.39 is 42.5 Å². The van der Waals surface area contributed by atoms with Gasteiger partial charge in [0.15, 0.2) is 6.61 Å². The molecule has 2 N–H and O–H groups in total. The van der Waals surface area contributed by atoms with Crippen molar-refractivity contribution in [1.29, 1.82) is 0 Å². The number of nitrogens with one attached hydrogen (secondary N) is 2. The van der Waals surface area contributed by atoms with E-state index in [0.717, 1.165) is 24.2 Å². The molecule has 1 atom stereocenters. The number of hydrogen-bond acceptors (Lipinski definition) is 5. The Balaban J connectivity index is 1.44. The lowest BCUT2D eigenvalue weighted by atomic mass is 9.92. The van der Waals surface area contributed by atoms with Crippen LogP contribution in [0.25, 0.3) is 0 Å². The molecule has 0 spiro atoms. The van der Waals surface area contributed by atoms with Gasteiger partial charge in [-0.1, -0.05) is 42.0 Å². The summed E-state index contributed by atoms with van der Waals surface area (Å²) in [6.07, 6.45) is 7.57. The molecule has 8 heteroatoms. The zero-order chi connectivity index (χ0) is 21.6. The first kappa shape index (κ1) is 21.5. The van der Waals surface area contributed by atoms with Crippen LogP contribution in [0.4, 0.5) is 4.79 Å². The molecule has 0 saturated carbocycles. The Bertz CT molecular complexity index is 852. The topological polar surface area (TPSA) is 105 Å². The van der Waals surface area contributed by atoms with E-state index >= 15 is 0 Å². The second kappa shape index (κ2) is 9.56. The van der Waals surface area contributed by atoms with E-state index in [1.54, 1.807) is 37.3 Å². The molecule has 4 amide bonds. The van der Waals surface area contributed by atoms with Crippen molar-refractivity contribution in [2.45, 2.75) is 44.6 Å². The number of ether oxygens (including phenoxy) is 1. The fourth-order valence-corrected chi connectivity index (χ4v) is 3.67. The Kier molecular flexibility index (Phi) is 6.87. The zero-order valence-electron chi connectivity index (χ0n) is 17.1. The van der Waals surface area contributed by atoms with Gasteiger partial charge in [-0.05, 0) is 44.6 Å². The second-order valence-corrected chi connectivity index (χ2v) is 7.68. The van der Waals surface area contributed by atoms with Crippen molar-refractivity contribution < 1.29 is 23.9 Å². The third-order valence-electron chi connectivity index (χ3n) is 5.43. The molecule has 1 aromatic carbocycles. The average molecular weight is 413 g/mol. The lowest BCUT2D eigenvalue weighted by molar-refractivity contribution is -0.151. The van der Waals surface area contributed by atoms with Crippen molar-refractivity contribution in [2.24, 2.45) is 0 Å². The molecule has 1 aliphatic heterocycles. The number of hydrogen-bond donors (Lipinski definition) is 2. The van der Waals surface area contributed by atoms with Crippen LogP contribution in [0, 0.1) is 0 Å². The number of rotatable bonds is 8. The molecule has 0 aromatic heterocycles. The molecule has 1 aliphatic carbocycles. The summed E-state index contributed by atoms with van der Waals surface area (Å²) in [4.78, 5) is 49.8. The smallest absolute Gasteiger partial charge is 0.326 e. The minimum atomic E-state index is -1.25. The normalized spacial score (nSPS) is 21.1. The van der Waals surface area contributed by atoms with Crippen LogP contribution in [0.5, 0.6) is 0 Å². The van der Waals surface area contributed by atoms with E-state index in [-0.39, 0.29) is 0 Å². The van der Waals surface area contributed by atoms with Crippen molar-refractivity contribution in [3.8, 4) is 0 Å². The molecule has 1 heterocycles. The van der Waals surface area contributed by atoms with Crippen LogP contribution in [-0.2, 0) is 24.7 Å². The monoisotopic (exact) mass is 413 g/mol. The molecule has 1 fully saturated rings. The second-order valence-electron chi connectivity index (χ2n) is 7.68. The maximum atomic E-state index is 12.8. The first-order chi connectivity index (χ1) is 14.4. The van der Waals surface area contributed by atoms with E-state index in [1.165, 1.54) is 18.4 Å². The van der Waals surface area contributed by atoms with E-state index in [2.05, 4.69) is 16.7 Å². The summed E-state index contributed by atoms with van der Waals surface area (Å²) in [5.41, 5.74) is 0.717. The summed E-state index contributed by atoms with van der Waals surface area (Å²) < 4.78 is 4.94. The van der Waals surface area contributed by atoms with Crippen LogP contribution in [-0.4, -0.2) is 48.4 Å². The Morgan fingerprint density at radius 3 is 2.67 bits per heavy atom. The third kappa shape index (κ3) is 5.06. The molecule has 3 rings (SSSR count). The first-order valence-electron chi connectivity index (χ1n) is 10.2. The first-order valence-corrected chi connectivity index (χ1v) is 10.2. The Morgan fingerprint density at radius 2 is 1.97 bits per heavy atom. The third-order valence-corrected chi connectivity index (χ3v) is 5.43. The molecule has 160 valence electrons. The lowest BCUT2D eigenvalue weighted by Gasteiger charge is -2.21. The fraction of sp³-hybridized carbons (Fsp3) is 0.455. The van der Waals surface area contributed by atoms with Gasteiger partial charge in [0.1, 0.15) is 12.1 Å². The van der Waals surface area contributed by atoms with Gasteiger partial charge >= 0.3 is 12.0 Å². The summed E-state index contributed by atoms with van der Waals surface area (Å²) in [7, 11) is 0. The molecule has 1 saturated heterocycles. The molecular formula is C22H27N3O5. The highest BCUT2D eigenvalue weighted by Crippen LogP contribution is 2.28. The van der Waals surface area contributed by atoms with Crippen LogP contribution in [0.3, 0.4) is 0 Å². The van der Waals surface area contributed by atoms with Crippen molar-refractivity contribution in [1.82, 2.24) is 15.5 Å². The molecule has 30 heavy (non-hydrogen) atoms. The average Bonchev–Trinajstić information content (AvgIpc) is 2.97. The molecule has 0 unspecified atom stereocenters. The molecular weight excluding hydrogens is 386 g/mol. The quantitative estimate of drug-likeness (QED) is 0.385. The van der Waals surface area contributed by atoms with E-state index in [9.17, 15) is 19.2 Å². The van der Waals surface area contributed by atoms with E-state index in [1.807, 2.05) is 0 Å². The number of urea groups is 1. The van der Waals surface area contributed by atoms with Gasteiger partial charge in [0.2, 0.25) is 0 Å². The van der Waals surface area contributed by atoms with E-state index in [4.69, 9.17) is 4.74 Å². The molecule has 8 nitrogen and oxygen atoms in total. The van der Waals surface area contributed by atoms with Crippen molar-refractivity contribution in [3.05, 3.63) is 47.5 Å². The maximum Gasteiger partial charge on any atom is 0.326 e. The van der Waals surface area contributed by atoms with Gasteiger partial charge in [-0.15, -0.1) is 0 Å². The lowest BCUT2D eigenvalue weighted by Crippen LogP contribution is -2.42. The number of esters is 1. The summed E-state index contributed by atoms with van der Waals surface area (Å²) in [5.74, 6) is -1.77. The zero-order valence-corrected chi connectivity index (χ0v) is 17.1. The number of imide groups is 1. The summed E-state index contributed by atoms with van der Waals surface area (Å²) in [6.45, 7) is 1.08. The van der Waals surface area contributed by atoms with Gasteiger partial charge in [-0.3, -0.25) is 19.3 Å². The van der Waals surface area contributed by atoms with Crippen LogP contribution in [0.15, 0.2) is 42.0 Å². The predicted molar refractivity (Wildman–Crippen MR) is 109 cm³/mol. The van der Waals surface area contributed by atoms with Crippen LogP contribution in [0.1, 0.15) is 44.6 Å². The minimum Gasteiger partial charge on any atom is -0.454 e. The number of carbonyl (C=O) groups excluding carboxylic acids is 4. The Labute approximate surface area is 175 Å². The largest absolute Gasteiger partial charge is 0.454 e. The predicted octanol–water partition coefficient (Wildman–Crippen LogP) is 2.00. The standard InChI is InChI=1S/C22H27N3O5/c1-22(17-10-6-3-7-11-17)20(28)25(21(29)24-22)14-19(27)30-15-18(26)23-13-12-16-8-4-2-5-9-16/h3,6-8,10-11H,2,4-5,9,12-15H2,1H3,(H,23,26)(H,24,29)/t22-/m1/s1. The highest BCUT2D eigenvalue weighted by molar-refractivity contribution is 6.08. The summed E-state index contributed by atoms with van der Waals surface area (Å²) >= 11 is 0. The number of benzene rings is 1. The van der Waals surface area contributed by atoms with Crippen LogP contribution >= 0.6 is 0 Å². The highest BCUT2D eigenvalue weighted by Gasteiger charge is 2.49. The van der Waals surface area contributed by atoms with Crippen LogP contribution < -0.4 is 10.6 Å². The minimum absolute atomic E-state index is 0.411.